The second kappa shape index (κ2) is 3.24. The van der Waals surface area contributed by atoms with Gasteiger partial charge in [-0.1, -0.05) is 11.6 Å². The van der Waals surface area contributed by atoms with Crippen LogP contribution in [0.3, 0.4) is 0 Å². The summed E-state index contributed by atoms with van der Waals surface area (Å²) in [5, 5.41) is 4.88. The van der Waals surface area contributed by atoms with E-state index in [0.717, 1.165) is 35.5 Å². The number of pyridine rings is 1. The molecular weight excluding hydrogens is 212 g/mol. The lowest BCUT2D eigenvalue weighted by Gasteiger charge is -1.99. The third kappa shape index (κ3) is 1.37. The van der Waals surface area contributed by atoms with Crippen molar-refractivity contribution in [1.82, 2.24) is 15.3 Å². The third-order valence-corrected chi connectivity index (χ3v) is 2.63. The predicted octanol–water partition coefficient (Wildman–Crippen LogP) is 1.57. The van der Waals surface area contributed by atoms with E-state index in [1.165, 1.54) is 0 Å². The first kappa shape index (κ1) is 8.73. The van der Waals surface area contributed by atoms with Crippen LogP contribution in [0.2, 0.25) is 5.02 Å². The second-order valence-electron chi connectivity index (χ2n) is 3.41. The number of aromatic amines is 1. The number of fused-ring (bicyclic) bond motifs is 1. The van der Waals surface area contributed by atoms with E-state index >= 15 is 0 Å². The summed E-state index contributed by atoms with van der Waals surface area (Å²) in [5.41, 5.74) is 1.88. The molecule has 2 aromatic rings. The van der Waals surface area contributed by atoms with Gasteiger partial charge in [-0.05, 0) is 6.07 Å². The van der Waals surface area contributed by atoms with Crippen molar-refractivity contribution in [3.8, 4) is 0 Å². The molecule has 76 valence electrons. The summed E-state index contributed by atoms with van der Waals surface area (Å²) >= 11 is 5.92. The fourth-order valence-electron chi connectivity index (χ4n) is 1.75. The highest BCUT2D eigenvalue weighted by Crippen LogP contribution is 2.20. The van der Waals surface area contributed by atoms with Crippen LogP contribution < -0.4 is 5.32 Å². The van der Waals surface area contributed by atoms with Crippen molar-refractivity contribution >= 4 is 28.5 Å². The number of nitrogens with one attached hydrogen (secondary N) is 2. The Labute approximate surface area is 91.4 Å². The zero-order valence-electron chi connectivity index (χ0n) is 7.92. The van der Waals surface area contributed by atoms with Crippen LogP contribution in [0.1, 0.15) is 5.56 Å². The smallest absolute Gasteiger partial charge is 0.138 e. The first-order valence-electron chi connectivity index (χ1n) is 4.76. The lowest BCUT2D eigenvalue weighted by atomic mass is 10.2. The number of hydrogen-bond donors (Lipinski definition) is 2. The van der Waals surface area contributed by atoms with Crippen LogP contribution in [-0.4, -0.2) is 28.9 Å². The quantitative estimate of drug-likeness (QED) is 0.767. The fraction of sp³-hybridized carbons (Fsp3) is 0.200. The van der Waals surface area contributed by atoms with Gasteiger partial charge in [-0.25, -0.2) is 4.98 Å². The molecule has 1 aliphatic heterocycles. The molecule has 0 saturated carbocycles. The number of aliphatic imine (C=N–C) groups is 1. The van der Waals surface area contributed by atoms with Gasteiger partial charge in [0.15, 0.2) is 0 Å². The molecule has 3 rings (SSSR count). The van der Waals surface area contributed by atoms with Gasteiger partial charge >= 0.3 is 0 Å². The first-order chi connectivity index (χ1) is 7.34. The molecule has 0 spiro atoms. The van der Waals surface area contributed by atoms with Crippen LogP contribution >= 0.6 is 11.6 Å². The van der Waals surface area contributed by atoms with E-state index in [0.29, 0.717) is 5.02 Å². The topological polar surface area (TPSA) is 53.1 Å². The van der Waals surface area contributed by atoms with E-state index in [2.05, 4.69) is 20.3 Å². The molecule has 0 aliphatic carbocycles. The minimum Gasteiger partial charge on any atom is -0.368 e. The Kier molecular flexibility index (Phi) is 1.89. The van der Waals surface area contributed by atoms with Crippen LogP contribution in [0.25, 0.3) is 11.0 Å². The highest BCUT2D eigenvalue weighted by Gasteiger charge is 2.13. The van der Waals surface area contributed by atoms with Crippen molar-refractivity contribution in [2.24, 2.45) is 4.99 Å². The summed E-state index contributed by atoms with van der Waals surface area (Å²) < 4.78 is 0. The number of amidine groups is 1. The van der Waals surface area contributed by atoms with Crippen LogP contribution in [0.5, 0.6) is 0 Å². The first-order valence-corrected chi connectivity index (χ1v) is 5.14. The summed E-state index contributed by atoms with van der Waals surface area (Å²) in [6.07, 6.45) is 3.54. The van der Waals surface area contributed by atoms with Gasteiger partial charge in [0.1, 0.15) is 11.5 Å². The second-order valence-corrected chi connectivity index (χ2v) is 3.85. The van der Waals surface area contributed by atoms with Crippen LogP contribution in [-0.2, 0) is 0 Å². The van der Waals surface area contributed by atoms with Crippen LogP contribution in [0.15, 0.2) is 23.5 Å². The molecule has 4 nitrogen and oxygen atoms in total. The van der Waals surface area contributed by atoms with E-state index in [9.17, 15) is 0 Å². The van der Waals surface area contributed by atoms with E-state index in [-0.39, 0.29) is 0 Å². The van der Waals surface area contributed by atoms with Crippen molar-refractivity contribution in [2.45, 2.75) is 0 Å². The van der Waals surface area contributed by atoms with Crippen molar-refractivity contribution in [1.29, 1.82) is 0 Å². The van der Waals surface area contributed by atoms with E-state index in [4.69, 9.17) is 11.6 Å². The SMILES string of the molecule is Clc1cnc2[nH]cc(C3=NCCN3)c2c1. The molecule has 15 heavy (non-hydrogen) atoms. The normalized spacial score (nSPS) is 15.4. The summed E-state index contributed by atoms with van der Waals surface area (Å²) in [6.45, 7) is 1.73. The molecule has 3 heterocycles. The summed E-state index contributed by atoms with van der Waals surface area (Å²) in [7, 11) is 0. The van der Waals surface area contributed by atoms with Crippen molar-refractivity contribution < 1.29 is 0 Å². The molecule has 0 unspecified atom stereocenters. The van der Waals surface area contributed by atoms with E-state index in [1.54, 1.807) is 6.20 Å². The Morgan fingerprint density at radius 3 is 3.13 bits per heavy atom. The maximum atomic E-state index is 5.92. The largest absolute Gasteiger partial charge is 0.368 e. The van der Waals surface area contributed by atoms with Gasteiger partial charge in [-0.3, -0.25) is 4.99 Å². The molecule has 0 aromatic carbocycles. The predicted molar refractivity (Wildman–Crippen MR) is 60.5 cm³/mol. The number of nitrogens with zero attached hydrogens (tertiary/aromatic N) is 2. The zero-order valence-corrected chi connectivity index (χ0v) is 8.67. The summed E-state index contributed by atoms with van der Waals surface area (Å²) in [4.78, 5) is 11.7. The number of hydrogen-bond acceptors (Lipinski definition) is 3. The number of aromatic nitrogens is 2. The molecule has 0 atom stereocenters. The van der Waals surface area contributed by atoms with Gasteiger partial charge in [0.05, 0.1) is 11.6 Å². The summed E-state index contributed by atoms with van der Waals surface area (Å²) in [5.74, 6) is 0.922. The average Bonchev–Trinajstić information content (AvgIpc) is 2.83. The van der Waals surface area contributed by atoms with Crippen molar-refractivity contribution in [3.63, 3.8) is 0 Å². The molecule has 0 saturated heterocycles. The maximum Gasteiger partial charge on any atom is 0.138 e. The Balaban J connectivity index is 2.22. The van der Waals surface area contributed by atoms with Gasteiger partial charge in [-0.2, -0.15) is 0 Å². The van der Waals surface area contributed by atoms with Crippen LogP contribution in [0.4, 0.5) is 0 Å². The minimum atomic E-state index is 0.641. The number of rotatable bonds is 1. The number of H-pyrrole nitrogens is 1. The van der Waals surface area contributed by atoms with Gasteiger partial charge in [0, 0.05) is 29.9 Å². The molecule has 0 bridgehead atoms. The highest BCUT2D eigenvalue weighted by atomic mass is 35.5. The van der Waals surface area contributed by atoms with Gasteiger partial charge in [-0.15, -0.1) is 0 Å². The maximum absolute atomic E-state index is 5.92. The van der Waals surface area contributed by atoms with E-state index in [1.807, 2.05) is 12.3 Å². The van der Waals surface area contributed by atoms with Crippen LogP contribution in [0, 0.1) is 0 Å². The number of halogens is 1. The van der Waals surface area contributed by atoms with Gasteiger partial charge < -0.3 is 10.3 Å². The van der Waals surface area contributed by atoms with Crippen molar-refractivity contribution in [2.75, 3.05) is 13.1 Å². The standard InChI is InChI=1S/C10H9ClN4/c11-6-3-7-8(10-12-1-2-13-10)5-15-9(7)14-4-6/h3-5H,1-2H2,(H,12,13)(H,14,15). The molecular formula is C10H9ClN4. The molecule has 5 heteroatoms. The molecule has 2 N–H and O–H groups in total. The zero-order chi connectivity index (χ0) is 10.3. The van der Waals surface area contributed by atoms with Gasteiger partial charge in [0.2, 0.25) is 0 Å². The van der Waals surface area contributed by atoms with Crippen molar-refractivity contribution in [3.05, 3.63) is 29.0 Å². The molecule has 2 aromatic heterocycles. The van der Waals surface area contributed by atoms with E-state index < -0.39 is 0 Å². The molecule has 0 radical (unpaired) electrons. The molecule has 0 fully saturated rings. The molecule has 1 aliphatic rings. The minimum absolute atomic E-state index is 0.641. The Bertz CT molecular complexity index is 543. The lowest BCUT2D eigenvalue weighted by molar-refractivity contribution is 0.960. The highest BCUT2D eigenvalue weighted by molar-refractivity contribution is 6.31. The third-order valence-electron chi connectivity index (χ3n) is 2.43. The lowest BCUT2D eigenvalue weighted by Crippen LogP contribution is -2.18. The fourth-order valence-corrected chi connectivity index (χ4v) is 1.91. The Hall–Kier alpha value is -1.55. The van der Waals surface area contributed by atoms with Gasteiger partial charge in [0.25, 0.3) is 0 Å². The Morgan fingerprint density at radius 2 is 2.33 bits per heavy atom. The monoisotopic (exact) mass is 220 g/mol. The molecule has 0 amide bonds. The Morgan fingerprint density at radius 1 is 1.40 bits per heavy atom. The average molecular weight is 221 g/mol. The summed E-state index contributed by atoms with van der Waals surface area (Å²) in [6, 6.07) is 1.90.